The van der Waals surface area contributed by atoms with Gasteiger partial charge in [-0.25, -0.2) is 9.97 Å². The number of nitrogens with zero attached hydrogens (tertiary/aromatic N) is 2. The average molecular weight is 288 g/mol. The van der Waals surface area contributed by atoms with E-state index < -0.39 is 0 Å². The Morgan fingerprint density at radius 2 is 2.10 bits per heavy atom. The summed E-state index contributed by atoms with van der Waals surface area (Å²) in [5.74, 6) is 7.71. The molecule has 2 N–H and O–H groups in total. The van der Waals surface area contributed by atoms with Crippen molar-refractivity contribution in [3.63, 3.8) is 0 Å². The molecule has 0 unspecified atom stereocenters. The molecule has 0 amide bonds. The number of anilines is 1. The van der Waals surface area contributed by atoms with Crippen molar-refractivity contribution in [1.82, 2.24) is 9.97 Å². The van der Waals surface area contributed by atoms with Gasteiger partial charge in [0, 0.05) is 30.6 Å². The van der Waals surface area contributed by atoms with Crippen LogP contribution >= 0.6 is 11.8 Å². The highest BCUT2D eigenvalue weighted by Crippen LogP contribution is 2.20. The van der Waals surface area contributed by atoms with Crippen molar-refractivity contribution < 1.29 is 0 Å². The van der Waals surface area contributed by atoms with Crippen molar-refractivity contribution in [2.45, 2.75) is 45.1 Å². The second-order valence-electron chi connectivity index (χ2n) is 4.88. The van der Waals surface area contributed by atoms with E-state index in [0.717, 1.165) is 17.7 Å². The van der Waals surface area contributed by atoms with E-state index in [1.165, 1.54) is 37.4 Å². The van der Waals surface area contributed by atoms with Crippen LogP contribution in [0.15, 0.2) is 12.4 Å². The molecule has 0 spiro atoms. The van der Waals surface area contributed by atoms with E-state index in [2.05, 4.69) is 27.1 Å². The summed E-state index contributed by atoms with van der Waals surface area (Å²) in [6, 6.07) is 0.535. The number of aromatic nitrogens is 2. The van der Waals surface area contributed by atoms with Crippen molar-refractivity contribution in [3.05, 3.63) is 18.0 Å². The number of hydrogen-bond acceptors (Lipinski definition) is 5. The van der Waals surface area contributed by atoms with Crippen LogP contribution in [0.5, 0.6) is 0 Å². The zero-order valence-electron chi connectivity index (χ0n) is 11.8. The van der Waals surface area contributed by atoms with Crippen LogP contribution in [0.1, 0.15) is 44.6 Å². The molecule has 0 saturated heterocycles. The minimum absolute atomic E-state index is 0.535. The van der Waals surface area contributed by atoms with Gasteiger partial charge in [-0.3, -0.25) is 5.41 Å². The Morgan fingerprint density at radius 1 is 1.40 bits per heavy atom. The van der Waals surface area contributed by atoms with E-state index in [1.807, 2.05) is 0 Å². The van der Waals surface area contributed by atoms with Crippen LogP contribution in [0.25, 0.3) is 0 Å². The molecule has 0 bridgehead atoms. The third kappa shape index (κ3) is 5.22. The lowest BCUT2D eigenvalue weighted by Gasteiger charge is -2.10. The van der Waals surface area contributed by atoms with E-state index in [1.54, 1.807) is 19.3 Å². The highest BCUT2D eigenvalue weighted by atomic mass is 32.2. The average Bonchev–Trinajstić information content (AvgIpc) is 2.93. The standard InChI is InChI=1S/C15H20N4S/c1-12(16)20-9-5-4-6-13-10-17-15(18-11-13)19-14-7-2-3-8-14/h10-11,14,16H,2-3,5,7-9H2,1H3,(H,17,18,19). The van der Waals surface area contributed by atoms with Crippen molar-refractivity contribution >= 4 is 22.8 Å². The van der Waals surface area contributed by atoms with Gasteiger partial charge in [0.05, 0.1) is 10.6 Å². The first-order valence-corrected chi connectivity index (χ1v) is 7.98. The number of nitrogens with one attached hydrogen (secondary N) is 2. The van der Waals surface area contributed by atoms with Gasteiger partial charge in [0.25, 0.3) is 0 Å². The summed E-state index contributed by atoms with van der Waals surface area (Å²) in [5, 5.41) is 11.3. The SMILES string of the molecule is CC(=N)SCCC#Cc1cnc(NC2CCCC2)nc1. The van der Waals surface area contributed by atoms with Gasteiger partial charge in [0.2, 0.25) is 5.95 Å². The molecule has 0 aliphatic heterocycles. The summed E-state index contributed by atoms with van der Waals surface area (Å²) in [7, 11) is 0. The molecular weight excluding hydrogens is 268 g/mol. The molecule has 1 fully saturated rings. The van der Waals surface area contributed by atoms with Gasteiger partial charge in [-0.05, 0) is 19.8 Å². The van der Waals surface area contributed by atoms with Crippen LogP contribution in [0.3, 0.4) is 0 Å². The Morgan fingerprint density at radius 3 is 2.75 bits per heavy atom. The molecule has 20 heavy (non-hydrogen) atoms. The lowest BCUT2D eigenvalue weighted by molar-refractivity contribution is 0.744. The Hall–Kier alpha value is -1.54. The van der Waals surface area contributed by atoms with Gasteiger partial charge in [-0.1, -0.05) is 24.7 Å². The van der Waals surface area contributed by atoms with Crippen LogP contribution in [-0.2, 0) is 0 Å². The fraction of sp³-hybridized carbons (Fsp3) is 0.533. The molecule has 1 aromatic rings. The zero-order chi connectivity index (χ0) is 14.2. The largest absolute Gasteiger partial charge is 0.351 e. The maximum absolute atomic E-state index is 7.30. The Kier molecular flexibility index (Phi) is 5.87. The maximum Gasteiger partial charge on any atom is 0.222 e. The van der Waals surface area contributed by atoms with Crippen molar-refractivity contribution in [2.24, 2.45) is 0 Å². The normalized spacial score (nSPS) is 14.7. The van der Waals surface area contributed by atoms with E-state index in [0.29, 0.717) is 17.0 Å². The molecule has 1 heterocycles. The van der Waals surface area contributed by atoms with Crippen LogP contribution < -0.4 is 5.32 Å². The lowest BCUT2D eigenvalue weighted by atomic mass is 10.2. The van der Waals surface area contributed by atoms with Gasteiger partial charge < -0.3 is 5.32 Å². The van der Waals surface area contributed by atoms with Gasteiger partial charge in [-0.15, -0.1) is 11.8 Å². The predicted octanol–water partition coefficient (Wildman–Crippen LogP) is 3.30. The van der Waals surface area contributed by atoms with E-state index in [4.69, 9.17) is 5.41 Å². The second-order valence-corrected chi connectivity index (χ2v) is 6.19. The number of rotatable bonds is 4. The molecule has 4 nitrogen and oxygen atoms in total. The number of hydrogen-bond donors (Lipinski definition) is 2. The first-order chi connectivity index (χ1) is 9.74. The first-order valence-electron chi connectivity index (χ1n) is 6.99. The predicted molar refractivity (Wildman–Crippen MR) is 85.3 cm³/mol. The van der Waals surface area contributed by atoms with Crippen LogP contribution in [0, 0.1) is 17.3 Å². The molecule has 0 radical (unpaired) electrons. The van der Waals surface area contributed by atoms with E-state index >= 15 is 0 Å². The summed E-state index contributed by atoms with van der Waals surface area (Å²) in [5.41, 5.74) is 0.846. The fourth-order valence-electron chi connectivity index (χ4n) is 2.14. The topological polar surface area (TPSA) is 61.7 Å². The molecule has 0 aromatic carbocycles. The molecular formula is C15H20N4S. The molecule has 1 saturated carbocycles. The summed E-state index contributed by atoms with van der Waals surface area (Å²) >= 11 is 1.53. The Labute approximate surface area is 124 Å². The summed E-state index contributed by atoms with van der Waals surface area (Å²) in [6.45, 7) is 1.79. The number of thioether (sulfide) groups is 1. The molecule has 1 aliphatic carbocycles. The molecule has 0 atom stereocenters. The maximum atomic E-state index is 7.30. The second kappa shape index (κ2) is 7.91. The van der Waals surface area contributed by atoms with Crippen molar-refractivity contribution in [2.75, 3.05) is 11.1 Å². The summed E-state index contributed by atoms with van der Waals surface area (Å²) in [6.07, 6.45) is 9.36. The third-order valence-electron chi connectivity index (χ3n) is 3.12. The van der Waals surface area contributed by atoms with Crippen LogP contribution in [0.4, 0.5) is 5.95 Å². The zero-order valence-corrected chi connectivity index (χ0v) is 12.6. The van der Waals surface area contributed by atoms with Crippen molar-refractivity contribution in [3.8, 4) is 11.8 Å². The lowest BCUT2D eigenvalue weighted by Crippen LogP contribution is -2.16. The molecule has 106 valence electrons. The van der Waals surface area contributed by atoms with Gasteiger partial charge in [0.1, 0.15) is 0 Å². The summed E-state index contributed by atoms with van der Waals surface area (Å²) in [4.78, 5) is 8.61. The Balaban J connectivity index is 1.78. The van der Waals surface area contributed by atoms with Gasteiger partial charge in [-0.2, -0.15) is 0 Å². The van der Waals surface area contributed by atoms with Crippen LogP contribution in [0.2, 0.25) is 0 Å². The monoisotopic (exact) mass is 288 g/mol. The molecule has 1 aromatic heterocycles. The van der Waals surface area contributed by atoms with Gasteiger partial charge in [0.15, 0.2) is 0 Å². The first kappa shape index (κ1) is 14.9. The summed E-state index contributed by atoms with van der Waals surface area (Å²) < 4.78 is 0. The molecule has 1 aliphatic rings. The van der Waals surface area contributed by atoms with Crippen LogP contribution in [-0.4, -0.2) is 26.8 Å². The Bertz CT molecular complexity index is 495. The quantitative estimate of drug-likeness (QED) is 0.386. The van der Waals surface area contributed by atoms with Gasteiger partial charge >= 0.3 is 0 Å². The minimum Gasteiger partial charge on any atom is -0.351 e. The van der Waals surface area contributed by atoms with E-state index in [9.17, 15) is 0 Å². The highest BCUT2D eigenvalue weighted by Gasteiger charge is 2.15. The third-order valence-corrected chi connectivity index (χ3v) is 3.96. The smallest absolute Gasteiger partial charge is 0.222 e. The van der Waals surface area contributed by atoms with Crippen molar-refractivity contribution in [1.29, 1.82) is 5.41 Å². The molecule has 2 rings (SSSR count). The minimum atomic E-state index is 0.535. The highest BCUT2D eigenvalue weighted by molar-refractivity contribution is 8.13. The molecule has 5 heteroatoms. The van der Waals surface area contributed by atoms with E-state index in [-0.39, 0.29) is 0 Å². The fourth-order valence-corrected chi connectivity index (χ4v) is 2.65.